The minimum atomic E-state index is 0.00903. The van der Waals surface area contributed by atoms with Crippen molar-refractivity contribution in [2.45, 2.75) is 65.0 Å². The SMILES string of the molecule is CCCCOCc1cc(C(=O)NC2CCCC2)ccc1OCC. The van der Waals surface area contributed by atoms with Crippen LogP contribution in [0, 0.1) is 0 Å². The summed E-state index contributed by atoms with van der Waals surface area (Å²) in [6.45, 7) is 5.93. The molecule has 23 heavy (non-hydrogen) atoms. The van der Waals surface area contributed by atoms with E-state index in [1.807, 2.05) is 25.1 Å². The molecule has 0 aliphatic heterocycles. The van der Waals surface area contributed by atoms with Crippen molar-refractivity contribution in [3.05, 3.63) is 29.3 Å². The number of unbranched alkanes of at least 4 members (excludes halogenated alkanes) is 1. The van der Waals surface area contributed by atoms with E-state index in [0.717, 1.165) is 43.6 Å². The molecule has 1 N–H and O–H groups in total. The Labute approximate surface area is 139 Å². The molecule has 1 aromatic carbocycles. The van der Waals surface area contributed by atoms with Crippen molar-refractivity contribution < 1.29 is 14.3 Å². The van der Waals surface area contributed by atoms with Crippen LogP contribution in [0.5, 0.6) is 5.75 Å². The summed E-state index contributed by atoms with van der Waals surface area (Å²) in [7, 11) is 0. The zero-order valence-electron chi connectivity index (χ0n) is 14.4. The minimum Gasteiger partial charge on any atom is -0.494 e. The van der Waals surface area contributed by atoms with Gasteiger partial charge in [0, 0.05) is 23.8 Å². The third-order valence-corrected chi connectivity index (χ3v) is 4.21. The average Bonchev–Trinajstić information content (AvgIpc) is 3.06. The van der Waals surface area contributed by atoms with Gasteiger partial charge in [-0.25, -0.2) is 0 Å². The lowest BCUT2D eigenvalue weighted by Crippen LogP contribution is -2.32. The maximum absolute atomic E-state index is 12.4. The van der Waals surface area contributed by atoms with Gasteiger partial charge in [0.05, 0.1) is 13.2 Å². The Bertz CT molecular complexity index is 495. The zero-order valence-corrected chi connectivity index (χ0v) is 14.4. The van der Waals surface area contributed by atoms with Crippen LogP contribution in [-0.4, -0.2) is 25.2 Å². The molecule has 1 aromatic rings. The van der Waals surface area contributed by atoms with E-state index in [1.54, 1.807) is 0 Å². The van der Waals surface area contributed by atoms with Crippen molar-refractivity contribution in [1.29, 1.82) is 0 Å². The smallest absolute Gasteiger partial charge is 0.251 e. The van der Waals surface area contributed by atoms with Crippen LogP contribution in [0.1, 0.15) is 68.3 Å². The Morgan fingerprint density at radius 2 is 2.04 bits per heavy atom. The molecule has 1 aliphatic carbocycles. The Morgan fingerprint density at radius 3 is 2.74 bits per heavy atom. The van der Waals surface area contributed by atoms with Gasteiger partial charge >= 0.3 is 0 Å². The van der Waals surface area contributed by atoms with E-state index < -0.39 is 0 Å². The molecule has 2 rings (SSSR count). The number of carbonyl (C=O) groups excluding carboxylic acids is 1. The first-order valence-electron chi connectivity index (χ1n) is 8.89. The Hall–Kier alpha value is -1.55. The summed E-state index contributed by atoms with van der Waals surface area (Å²) in [5.74, 6) is 0.816. The lowest BCUT2D eigenvalue weighted by Gasteiger charge is -2.15. The van der Waals surface area contributed by atoms with Gasteiger partial charge in [-0.15, -0.1) is 0 Å². The number of ether oxygens (including phenoxy) is 2. The van der Waals surface area contributed by atoms with Crippen molar-refractivity contribution in [1.82, 2.24) is 5.32 Å². The summed E-state index contributed by atoms with van der Waals surface area (Å²) in [4.78, 5) is 12.4. The predicted molar refractivity (Wildman–Crippen MR) is 91.9 cm³/mol. The molecule has 0 aromatic heterocycles. The molecule has 128 valence electrons. The highest BCUT2D eigenvalue weighted by Gasteiger charge is 2.18. The normalized spacial score (nSPS) is 14.9. The number of hydrogen-bond donors (Lipinski definition) is 1. The molecule has 0 unspecified atom stereocenters. The number of carbonyl (C=O) groups is 1. The van der Waals surface area contributed by atoms with Gasteiger partial charge in [-0.1, -0.05) is 26.2 Å². The summed E-state index contributed by atoms with van der Waals surface area (Å²) in [6, 6.07) is 5.95. The van der Waals surface area contributed by atoms with Crippen LogP contribution in [0.15, 0.2) is 18.2 Å². The van der Waals surface area contributed by atoms with Gasteiger partial charge < -0.3 is 14.8 Å². The van der Waals surface area contributed by atoms with Crippen LogP contribution in [-0.2, 0) is 11.3 Å². The van der Waals surface area contributed by atoms with Crippen molar-refractivity contribution in [3.8, 4) is 5.75 Å². The molecule has 1 amide bonds. The summed E-state index contributed by atoms with van der Waals surface area (Å²) in [5.41, 5.74) is 1.64. The van der Waals surface area contributed by atoms with Crippen LogP contribution < -0.4 is 10.1 Å². The van der Waals surface area contributed by atoms with Gasteiger partial charge in [0.1, 0.15) is 5.75 Å². The molecular formula is C19H29NO3. The first-order chi connectivity index (χ1) is 11.2. The quantitative estimate of drug-likeness (QED) is 0.698. The zero-order chi connectivity index (χ0) is 16.5. The second-order valence-corrected chi connectivity index (χ2v) is 6.12. The third-order valence-electron chi connectivity index (χ3n) is 4.21. The standard InChI is InChI=1S/C19H29NO3/c1-3-5-12-22-14-16-13-15(10-11-18(16)23-4-2)19(21)20-17-8-6-7-9-17/h10-11,13,17H,3-9,12,14H2,1-2H3,(H,20,21). The lowest BCUT2D eigenvalue weighted by molar-refractivity contribution is 0.0936. The molecule has 4 heteroatoms. The van der Waals surface area contributed by atoms with Crippen LogP contribution in [0.2, 0.25) is 0 Å². The molecule has 0 radical (unpaired) electrons. The average molecular weight is 319 g/mol. The lowest BCUT2D eigenvalue weighted by atomic mass is 10.1. The number of nitrogens with one attached hydrogen (secondary N) is 1. The first-order valence-corrected chi connectivity index (χ1v) is 8.89. The Balaban J connectivity index is 2.02. The van der Waals surface area contributed by atoms with Gasteiger partial charge in [0.15, 0.2) is 0 Å². The van der Waals surface area contributed by atoms with E-state index in [9.17, 15) is 4.79 Å². The number of rotatable bonds is 9. The van der Waals surface area contributed by atoms with Crippen LogP contribution in [0.25, 0.3) is 0 Å². The maximum atomic E-state index is 12.4. The monoisotopic (exact) mass is 319 g/mol. The van der Waals surface area contributed by atoms with E-state index >= 15 is 0 Å². The van der Waals surface area contributed by atoms with Crippen LogP contribution in [0.4, 0.5) is 0 Å². The molecule has 4 nitrogen and oxygen atoms in total. The summed E-state index contributed by atoms with van der Waals surface area (Å²) >= 11 is 0. The highest BCUT2D eigenvalue weighted by molar-refractivity contribution is 5.94. The van der Waals surface area contributed by atoms with Gasteiger partial charge in [-0.3, -0.25) is 4.79 Å². The fourth-order valence-corrected chi connectivity index (χ4v) is 2.90. The van der Waals surface area contributed by atoms with E-state index in [2.05, 4.69) is 12.2 Å². The largest absolute Gasteiger partial charge is 0.494 e. The van der Waals surface area contributed by atoms with E-state index in [4.69, 9.17) is 9.47 Å². The Kier molecular flexibility index (Phi) is 7.40. The van der Waals surface area contributed by atoms with Crippen molar-refractivity contribution >= 4 is 5.91 Å². The van der Waals surface area contributed by atoms with E-state index in [-0.39, 0.29) is 5.91 Å². The van der Waals surface area contributed by atoms with Crippen molar-refractivity contribution in [2.75, 3.05) is 13.2 Å². The van der Waals surface area contributed by atoms with Gasteiger partial charge in [-0.05, 0) is 44.4 Å². The topological polar surface area (TPSA) is 47.6 Å². The highest BCUT2D eigenvalue weighted by atomic mass is 16.5. The number of benzene rings is 1. The molecule has 1 aliphatic rings. The predicted octanol–water partition coefficient (Wildman–Crippen LogP) is 4.07. The van der Waals surface area contributed by atoms with Gasteiger partial charge in [-0.2, -0.15) is 0 Å². The molecule has 1 fully saturated rings. The maximum Gasteiger partial charge on any atom is 0.251 e. The fourth-order valence-electron chi connectivity index (χ4n) is 2.90. The molecule has 0 bridgehead atoms. The van der Waals surface area contributed by atoms with Gasteiger partial charge in [0.25, 0.3) is 5.91 Å². The first kappa shape index (κ1) is 17.8. The van der Waals surface area contributed by atoms with Crippen LogP contribution in [0.3, 0.4) is 0 Å². The highest BCUT2D eigenvalue weighted by Crippen LogP contribution is 2.23. The number of amides is 1. The second kappa shape index (κ2) is 9.56. The molecule has 0 spiro atoms. The van der Waals surface area contributed by atoms with Gasteiger partial charge in [0.2, 0.25) is 0 Å². The molecular weight excluding hydrogens is 290 g/mol. The third kappa shape index (κ3) is 5.54. The second-order valence-electron chi connectivity index (χ2n) is 6.12. The van der Waals surface area contributed by atoms with Crippen LogP contribution >= 0.6 is 0 Å². The molecule has 0 atom stereocenters. The summed E-state index contributed by atoms with van der Waals surface area (Å²) in [6.07, 6.45) is 6.77. The van der Waals surface area contributed by atoms with E-state index in [1.165, 1.54) is 12.8 Å². The van der Waals surface area contributed by atoms with E-state index in [0.29, 0.717) is 24.8 Å². The molecule has 0 heterocycles. The number of hydrogen-bond acceptors (Lipinski definition) is 3. The molecule has 1 saturated carbocycles. The van der Waals surface area contributed by atoms with Crippen molar-refractivity contribution in [3.63, 3.8) is 0 Å². The molecule has 0 saturated heterocycles. The Morgan fingerprint density at radius 1 is 1.26 bits per heavy atom. The summed E-state index contributed by atoms with van der Waals surface area (Å²) < 4.78 is 11.4. The van der Waals surface area contributed by atoms with Crippen molar-refractivity contribution in [2.24, 2.45) is 0 Å². The fraction of sp³-hybridized carbons (Fsp3) is 0.632. The summed E-state index contributed by atoms with van der Waals surface area (Å²) in [5, 5.41) is 3.13. The minimum absolute atomic E-state index is 0.00903.